The Bertz CT molecular complexity index is 373. The lowest BCUT2D eigenvalue weighted by atomic mass is 10.2. The van der Waals surface area contributed by atoms with Crippen LogP contribution in [0.25, 0.3) is 0 Å². The predicted octanol–water partition coefficient (Wildman–Crippen LogP) is 4.82. The highest BCUT2D eigenvalue weighted by Crippen LogP contribution is 2.30. The second-order valence-corrected chi connectivity index (χ2v) is 5.31. The van der Waals surface area contributed by atoms with Gasteiger partial charge in [0.2, 0.25) is 0 Å². The molecule has 0 fully saturated rings. The Balaban J connectivity index is 2.42. The molecule has 0 aromatic heterocycles. The smallest absolute Gasteiger partial charge is 0.441 e. The normalized spacial score (nSPS) is 11.6. The van der Waals surface area contributed by atoms with Gasteiger partial charge in [-0.3, -0.25) is 0 Å². The van der Waals surface area contributed by atoms with Crippen molar-refractivity contribution >= 4 is 39.3 Å². The lowest BCUT2D eigenvalue weighted by Crippen LogP contribution is -2.07. The minimum atomic E-state index is -4.20. The molecule has 0 bridgehead atoms. The average Bonchev–Trinajstić information content (AvgIpc) is 2.25. The summed E-state index contributed by atoms with van der Waals surface area (Å²) in [6, 6.07) is 5.14. The molecule has 0 aliphatic carbocycles. The number of rotatable bonds is 5. The highest BCUT2D eigenvalue weighted by atomic mass is 79.9. The molecule has 0 radical (unpaired) electrons. The van der Waals surface area contributed by atoms with Crippen LogP contribution in [0.2, 0.25) is 0 Å². The van der Waals surface area contributed by atoms with Gasteiger partial charge in [-0.2, -0.15) is 13.2 Å². The zero-order chi connectivity index (χ0) is 12.9. The summed E-state index contributed by atoms with van der Waals surface area (Å²) >= 11 is 8.90. The maximum absolute atomic E-state index is 11.8. The van der Waals surface area contributed by atoms with Gasteiger partial charge in [0.05, 0.1) is 6.61 Å². The topological polar surface area (TPSA) is 9.23 Å². The van der Waals surface area contributed by atoms with Crippen molar-refractivity contribution in [2.45, 2.75) is 11.4 Å². The van der Waals surface area contributed by atoms with E-state index in [1.807, 2.05) is 0 Å². The van der Waals surface area contributed by atoms with Gasteiger partial charge in [-0.1, -0.05) is 15.9 Å². The van der Waals surface area contributed by atoms with Gasteiger partial charge in [0.15, 0.2) is 0 Å². The molecular weight excluding hydrogens is 341 g/mol. The molecule has 0 saturated heterocycles. The van der Waals surface area contributed by atoms with E-state index >= 15 is 0 Å². The fourth-order valence-electron chi connectivity index (χ4n) is 1.06. The van der Waals surface area contributed by atoms with E-state index in [9.17, 15) is 13.2 Å². The van der Waals surface area contributed by atoms with Crippen molar-refractivity contribution in [1.82, 2.24) is 0 Å². The van der Waals surface area contributed by atoms with E-state index in [0.29, 0.717) is 11.6 Å². The molecular formula is C10H9BrClF3OS. The summed E-state index contributed by atoms with van der Waals surface area (Å²) in [6.45, 7) is 0.00747. The molecule has 0 heterocycles. The molecule has 0 aliphatic heterocycles. The summed E-state index contributed by atoms with van der Waals surface area (Å²) in [5, 5.41) is 0. The van der Waals surface area contributed by atoms with E-state index in [1.54, 1.807) is 18.2 Å². The molecule has 0 amide bonds. The number of halogens is 5. The van der Waals surface area contributed by atoms with E-state index in [-0.39, 0.29) is 24.1 Å². The molecule has 1 rings (SSSR count). The summed E-state index contributed by atoms with van der Waals surface area (Å²) in [5.74, 6) is 0.705. The van der Waals surface area contributed by atoms with Crippen molar-refractivity contribution in [3.05, 3.63) is 28.2 Å². The van der Waals surface area contributed by atoms with Gasteiger partial charge in [-0.15, -0.1) is 11.6 Å². The zero-order valence-electron chi connectivity index (χ0n) is 8.56. The van der Waals surface area contributed by atoms with Gasteiger partial charge in [0, 0.05) is 16.1 Å². The lowest BCUT2D eigenvalue weighted by molar-refractivity contribution is -0.0329. The Morgan fingerprint density at radius 2 is 2.06 bits per heavy atom. The fourth-order valence-corrected chi connectivity index (χ4v) is 2.23. The van der Waals surface area contributed by atoms with E-state index in [0.717, 1.165) is 10.0 Å². The van der Waals surface area contributed by atoms with Gasteiger partial charge in [0.25, 0.3) is 0 Å². The Hall–Kier alpha value is -0.0700. The number of thioether (sulfide) groups is 1. The second kappa shape index (κ2) is 6.75. The van der Waals surface area contributed by atoms with Crippen molar-refractivity contribution in [3.63, 3.8) is 0 Å². The first-order valence-corrected chi connectivity index (χ1v) is 6.91. The van der Waals surface area contributed by atoms with Crippen molar-refractivity contribution in [2.75, 3.05) is 12.4 Å². The third kappa shape index (κ3) is 5.88. The number of benzene rings is 1. The van der Waals surface area contributed by atoms with Gasteiger partial charge in [-0.25, -0.2) is 0 Å². The van der Waals surface area contributed by atoms with Crippen molar-refractivity contribution in [3.8, 4) is 5.75 Å². The van der Waals surface area contributed by atoms with E-state index in [4.69, 9.17) is 16.3 Å². The SMILES string of the molecule is FC(F)(F)SCCOc1ccc(Br)c(CCl)c1. The summed E-state index contributed by atoms with van der Waals surface area (Å²) in [7, 11) is 0. The minimum absolute atomic E-state index is 0.00747. The molecule has 7 heteroatoms. The summed E-state index contributed by atoms with van der Waals surface area (Å²) in [4.78, 5) is 0. The van der Waals surface area contributed by atoms with Crippen molar-refractivity contribution in [2.24, 2.45) is 0 Å². The van der Waals surface area contributed by atoms with Crippen LogP contribution < -0.4 is 4.74 Å². The Morgan fingerprint density at radius 3 is 2.65 bits per heavy atom. The van der Waals surface area contributed by atoms with Gasteiger partial charge < -0.3 is 4.74 Å². The molecule has 0 atom stereocenters. The Labute approximate surface area is 115 Å². The van der Waals surface area contributed by atoms with Gasteiger partial charge in [-0.05, 0) is 35.5 Å². The Kier molecular flexibility index (Phi) is 5.95. The lowest BCUT2D eigenvalue weighted by Gasteiger charge is -2.09. The van der Waals surface area contributed by atoms with Crippen LogP contribution in [0.15, 0.2) is 22.7 Å². The van der Waals surface area contributed by atoms with Crippen LogP contribution in [0.1, 0.15) is 5.56 Å². The van der Waals surface area contributed by atoms with Crippen LogP contribution in [-0.4, -0.2) is 17.9 Å². The standard InChI is InChI=1S/C10H9BrClF3OS/c11-9-2-1-8(5-7(9)6-12)16-3-4-17-10(13,14)15/h1-2,5H,3-4,6H2. The van der Waals surface area contributed by atoms with Crippen LogP contribution in [-0.2, 0) is 5.88 Å². The second-order valence-electron chi connectivity index (χ2n) is 3.03. The fraction of sp³-hybridized carbons (Fsp3) is 0.400. The number of ether oxygens (including phenoxy) is 1. The number of hydrogen-bond acceptors (Lipinski definition) is 2. The summed E-state index contributed by atoms with van der Waals surface area (Å²) in [5.41, 5.74) is -3.36. The van der Waals surface area contributed by atoms with Gasteiger partial charge in [0.1, 0.15) is 5.75 Å². The first-order chi connectivity index (χ1) is 7.92. The molecule has 0 unspecified atom stereocenters. The third-order valence-corrected chi connectivity index (χ3v) is 3.54. The van der Waals surface area contributed by atoms with Crippen LogP contribution in [0.5, 0.6) is 5.75 Å². The third-order valence-electron chi connectivity index (χ3n) is 1.78. The number of alkyl halides is 4. The number of hydrogen-bond donors (Lipinski definition) is 0. The van der Waals surface area contributed by atoms with Crippen molar-refractivity contribution in [1.29, 1.82) is 0 Å². The highest BCUT2D eigenvalue weighted by molar-refractivity contribution is 9.10. The largest absolute Gasteiger partial charge is 0.493 e. The maximum Gasteiger partial charge on any atom is 0.441 e. The molecule has 17 heavy (non-hydrogen) atoms. The van der Waals surface area contributed by atoms with Crippen molar-refractivity contribution < 1.29 is 17.9 Å². The molecule has 1 nitrogen and oxygen atoms in total. The van der Waals surface area contributed by atoms with Crippen LogP contribution >= 0.6 is 39.3 Å². The monoisotopic (exact) mass is 348 g/mol. The predicted molar refractivity (Wildman–Crippen MR) is 67.7 cm³/mol. The van der Waals surface area contributed by atoms with Crippen LogP contribution in [0.4, 0.5) is 13.2 Å². The molecule has 0 spiro atoms. The first kappa shape index (κ1) is 15.0. The van der Waals surface area contributed by atoms with E-state index in [2.05, 4.69) is 15.9 Å². The maximum atomic E-state index is 11.8. The summed E-state index contributed by atoms with van der Waals surface area (Å²) < 4.78 is 41.6. The van der Waals surface area contributed by atoms with E-state index < -0.39 is 5.51 Å². The van der Waals surface area contributed by atoms with E-state index in [1.165, 1.54) is 0 Å². The molecule has 0 N–H and O–H groups in total. The molecule has 1 aromatic carbocycles. The molecule has 0 aliphatic rings. The quantitative estimate of drug-likeness (QED) is 0.557. The summed E-state index contributed by atoms with van der Waals surface area (Å²) in [6.07, 6.45) is 0. The highest BCUT2D eigenvalue weighted by Gasteiger charge is 2.27. The zero-order valence-corrected chi connectivity index (χ0v) is 11.7. The molecule has 96 valence electrons. The first-order valence-electron chi connectivity index (χ1n) is 4.60. The van der Waals surface area contributed by atoms with Crippen LogP contribution in [0, 0.1) is 0 Å². The van der Waals surface area contributed by atoms with Gasteiger partial charge >= 0.3 is 5.51 Å². The molecule has 0 saturated carbocycles. The van der Waals surface area contributed by atoms with Crippen LogP contribution in [0.3, 0.4) is 0 Å². The minimum Gasteiger partial charge on any atom is -0.493 e. The molecule has 1 aromatic rings. The average molecular weight is 350 g/mol. The Morgan fingerprint density at radius 1 is 1.35 bits per heavy atom.